The summed E-state index contributed by atoms with van der Waals surface area (Å²) in [7, 11) is 1.73. The third-order valence-corrected chi connectivity index (χ3v) is 3.20. The number of alkyl halides is 1. The lowest BCUT2D eigenvalue weighted by atomic mass is 10.2. The molecule has 3 heterocycles. The van der Waals surface area contributed by atoms with Crippen molar-refractivity contribution in [2.75, 3.05) is 19.0 Å². The van der Waals surface area contributed by atoms with Crippen LogP contribution in [0.25, 0.3) is 11.2 Å². The van der Waals surface area contributed by atoms with Crippen LogP contribution in [0.2, 0.25) is 0 Å². The summed E-state index contributed by atoms with van der Waals surface area (Å²) < 4.78 is 21.0. The van der Waals surface area contributed by atoms with E-state index in [4.69, 9.17) is 9.84 Å². The minimum Gasteiger partial charge on any atom is -0.394 e. The monoisotopic (exact) mass is 267 g/mol. The summed E-state index contributed by atoms with van der Waals surface area (Å²) in [5.74, 6) is 0.580. The van der Waals surface area contributed by atoms with E-state index in [2.05, 4.69) is 20.3 Å². The number of fused-ring (bicyclic) bond motifs is 1. The Morgan fingerprint density at radius 2 is 2.37 bits per heavy atom. The number of anilines is 1. The SMILES string of the molecule is CNc1ncnc2c1ncn2[C@@H]1O[C@H](CO)CC1F. The fourth-order valence-corrected chi connectivity index (χ4v) is 2.28. The summed E-state index contributed by atoms with van der Waals surface area (Å²) >= 11 is 0. The van der Waals surface area contributed by atoms with Gasteiger partial charge in [-0.15, -0.1) is 0 Å². The van der Waals surface area contributed by atoms with Crippen molar-refractivity contribution in [3.8, 4) is 0 Å². The van der Waals surface area contributed by atoms with Gasteiger partial charge in [0.2, 0.25) is 0 Å². The van der Waals surface area contributed by atoms with Gasteiger partial charge in [-0.1, -0.05) is 0 Å². The Balaban J connectivity index is 2.02. The number of imidazole rings is 1. The normalized spacial score (nSPS) is 27.0. The van der Waals surface area contributed by atoms with Crippen LogP contribution in [0.1, 0.15) is 12.6 Å². The number of rotatable bonds is 3. The first-order valence-electron chi connectivity index (χ1n) is 6.00. The van der Waals surface area contributed by atoms with Crippen LogP contribution in [0.3, 0.4) is 0 Å². The molecule has 2 aromatic rings. The fraction of sp³-hybridized carbons (Fsp3) is 0.545. The van der Waals surface area contributed by atoms with Gasteiger partial charge in [0.05, 0.1) is 19.0 Å². The molecule has 8 heteroatoms. The molecule has 0 bridgehead atoms. The van der Waals surface area contributed by atoms with Crippen molar-refractivity contribution in [3.63, 3.8) is 0 Å². The van der Waals surface area contributed by atoms with E-state index in [-0.39, 0.29) is 13.0 Å². The highest BCUT2D eigenvalue weighted by Crippen LogP contribution is 2.33. The molecule has 0 spiro atoms. The second kappa shape index (κ2) is 4.71. The van der Waals surface area contributed by atoms with Crippen LogP contribution < -0.4 is 5.32 Å². The van der Waals surface area contributed by atoms with Gasteiger partial charge in [0.25, 0.3) is 0 Å². The first kappa shape index (κ1) is 12.2. The van der Waals surface area contributed by atoms with Gasteiger partial charge >= 0.3 is 0 Å². The summed E-state index contributed by atoms with van der Waals surface area (Å²) in [5.41, 5.74) is 1.07. The van der Waals surface area contributed by atoms with Crippen molar-refractivity contribution in [2.24, 2.45) is 0 Å². The number of hydrogen-bond acceptors (Lipinski definition) is 6. The van der Waals surface area contributed by atoms with Crippen molar-refractivity contribution in [2.45, 2.75) is 24.9 Å². The first-order valence-corrected chi connectivity index (χ1v) is 6.00. The molecule has 0 radical (unpaired) electrons. The molecule has 3 atom stereocenters. The standard InChI is InChI=1S/C11H14FN5O2/c1-13-9-8-10(15-4-14-9)17(5-16-8)11-7(12)2-6(3-18)19-11/h4-7,11,18H,2-3H2,1H3,(H,13,14,15)/t6-,7?,11+/m0/s1. The van der Waals surface area contributed by atoms with Crippen LogP contribution in [0.15, 0.2) is 12.7 Å². The summed E-state index contributed by atoms with van der Waals surface area (Å²) in [6, 6.07) is 0. The summed E-state index contributed by atoms with van der Waals surface area (Å²) in [6.45, 7) is -0.194. The van der Waals surface area contributed by atoms with Crippen LogP contribution >= 0.6 is 0 Å². The molecule has 2 N–H and O–H groups in total. The lowest BCUT2D eigenvalue weighted by Crippen LogP contribution is -2.16. The van der Waals surface area contributed by atoms with E-state index in [1.54, 1.807) is 7.05 Å². The van der Waals surface area contributed by atoms with Gasteiger partial charge in [-0.05, 0) is 0 Å². The lowest BCUT2D eigenvalue weighted by Gasteiger charge is -2.15. The largest absolute Gasteiger partial charge is 0.394 e. The quantitative estimate of drug-likeness (QED) is 0.841. The molecule has 0 aromatic carbocycles. The Labute approximate surface area is 108 Å². The molecule has 0 amide bonds. The van der Waals surface area contributed by atoms with Gasteiger partial charge in [0, 0.05) is 13.5 Å². The van der Waals surface area contributed by atoms with Gasteiger partial charge in [0.15, 0.2) is 17.7 Å². The van der Waals surface area contributed by atoms with Crippen LogP contribution in [0.5, 0.6) is 0 Å². The predicted octanol–water partition coefficient (Wildman–Crippen LogP) is 0.486. The second-order valence-electron chi connectivity index (χ2n) is 4.38. The zero-order valence-corrected chi connectivity index (χ0v) is 10.3. The predicted molar refractivity (Wildman–Crippen MR) is 65.4 cm³/mol. The highest BCUT2D eigenvalue weighted by molar-refractivity contribution is 5.82. The fourth-order valence-electron chi connectivity index (χ4n) is 2.28. The number of halogens is 1. The molecule has 3 rings (SSSR count). The molecule has 1 unspecified atom stereocenters. The zero-order valence-electron chi connectivity index (χ0n) is 10.3. The molecule has 1 aliphatic heterocycles. The van der Waals surface area contributed by atoms with Gasteiger partial charge in [-0.2, -0.15) is 0 Å². The Morgan fingerprint density at radius 3 is 3.05 bits per heavy atom. The lowest BCUT2D eigenvalue weighted by molar-refractivity contribution is -0.0351. The van der Waals surface area contributed by atoms with Crippen molar-refractivity contribution in [1.82, 2.24) is 19.5 Å². The maximum absolute atomic E-state index is 14.0. The van der Waals surface area contributed by atoms with Crippen molar-refractivity contribution in [1.29, 1.82) is 0 Å². The Bertz CT molecular complexity index is 589. The molecule has 1 saturated heterocycles. The minimum absolute atomic E-state index is 0.171. The Kier molecular flexibility index (Phi) is 3.03. The van der Waals surface area contributed by atoms with E-state index in [1.807, 2.05) is 0 Å². The van der Waals surface area contributed by atoms with E-state index < -0.39 is 18.5 Å². The summed E-state index contributed by atoms with van der Waals surface area (Å²) in [5, 5.41) is 11.9. The summed E-state index contributed by atoms with van der Waals surface area (Å²) in [6.07, 6.45) is 0.562. The topological polar surface area (TPSA) is 85.1 Å². The number of nitrogens with one attached hydrogen (secondary N) is 1. The third kappa shape index (κ3) is 1.92. The maximum Gasteiger partial charge on any atom is 0.168 e. The number of aromatic nitrogens is 4. The van der Waals surface area contributed by atoms with Crippen LogP contribution in [0, 0.1) is 0 Å². The highest BCUT2D eigenvalue weighted by Gasteiger charge is 2.37. The minimum atomic E-state index is -1.19. The number of nitrogens with zero attached hydrogens (tertiary/aromatic N) is 4. The number of aliphatic hydroxyl groups excluding tert-OH is 1. The molecular weight excluding hydrogens is 253 g/mol. The van der Waals surface area contributed by atoms with Crippen molar-refractivity contribution < 1.29 is 14.2 Å². The van der Waals surface area contributed by atoms with Crippen LogP contribution in [-0.4, -0.2) is 50.6 Å². The highest BCUT2D eigenvalue weighted by atomic mass is 19.1. The van der Waals surface area contributed by atoms with Crippen molar-refractivity contribution in [3.05, 3.63) is 12.7 Å². The number of ether oxygens (including phenoxy) is 1. The van der Waals surface area contributed by atoms with E-state index >= 15 is 0 Å². The van der Waals surface area contributed by atoms with Crippen LogP contribution in [0.4, 0.5) is 10.2 Å². The smallest absolute Gasteiger partial charge is 0.168 e. The summed E-state index contributed by atoms with van der Waals surface area (Å²) in [4.78, 5) is 12.3. The molecule has 7 nitrogen and oxygen atoms in total. The van der Waals surface area contributed by atoms with Gasteiger partial charge < -0.3 is 15.2 Å². The van der Waals surface area contributed by atoms with Gasteiger partial charge in [-0.25, -0.2) is 19.3 Å². The number of hydrogen-bond donors (Lipinski definition) is 2. The molecule has 2 aromatic heterocycles. The van der Waals surface area contributed by atoms with E-state index in [0.29, 0.717) is 17.0 Å². The molecule has 0 saturated carbocycles. The number of aliphatic hydroxyl groups is 1. The second-order valence-corrected chi connectivity index (χ2v) is 4.38. The Hall–Kier alpha value is -1.80. The van der Waals surface area contributed by atoms with Gasteiger partial charge in [0.1, 0.15) is 18.0 Å². The average Bonchev–Trinajstić information content (AvgIpc) is 3.01. The van der Waals surface area contributed by atoms with Crippen LogP contribution in [-0.2, 0) is 4.74 Å². The molecule has 1 fully saturated rings. The molecule has 102 valence electrons. The maximum atomic E-state index is 14.0. The van der Waals surface area contributed by atoms with E-state index in [1.165, 1.54) is 17.2 Å². The Morgan fingerprint density at radius 1 is 1.53 bits per heavy atom. The average molecular weight is 267 g/mol. The third-order valence-electron chi connectivity index (χ3n) is 3.20. The first-order chi connectivity index (χ1) is 9.24. The molecule has 19 heavy (non-hydrogen) atoms. The molecular formula is C11H14FN5O2. The van der Waals surface area contributed by atoms with E-state index in [0.717, 1.165) is 0 Å². The zero-order chi connectivity index (χ0) is 13.4. The van der Waals surface area contributed by atoms with E-state index in [9.17, 15) is 4.39 Å². The molecule has 0 aliphatic carbocycles. The van der Waals surface area contributed by atoms with Crippen molar-refractivity contribution >= 4 is 17.0 Å². The molecule has 1 aliphatic rings. The van der Waals surface area contributed by atoms with Gasteiger partial charge in [-0.3, -0.25) is 4.57 Å².